The van der Waals surface area contributed by atoms with E-state index >= 15 is 0 Å². The van der Waals surface area contributed by atoms with Crippen LogP contribution in [0.15, 0.2) is 29.1 Å². The topological polar surface area (TPSA) is 53.9 Å². The van der Waals surface area contributed by atoms with Crippen LogP contribution in [0, 0.1) is 12.8 Å². The van der Waals surface area contributed by atoms with Gasteiger partial charge < -0.3 is 4.90 Å². The second-order valence-corrected chi connectivity index (χ2v) is 8.50. The molecule has 1 aromatic heterocycles. The standard InChI is InChI=1S/C22H32N4O/c1-17-7-5-11-20(15-17)26-22(27)23-21(24-26)19-10-6-13-25(16-19)14-12-18-8-3-2-4-9-18/h5,7,11,15,18-19H,2-4,6,8-10,12-14,16H2,1H3,(H,23,24,27)/t19-/m0/s1. The molecule has 1 aliphatic heterocycles. The van der Waals surface area contributed by atoms with Crippen LogP contribution in [0.1, 0.15) is 68.7 Å². The zero-order valence-electron chi connectivity index (χ0n) is 16.5. The van der Waals surface area contributed by atoms with E-state index in [-0.39, 0.29) is 5.69 Å². The van der Waals surface area contributed by atoms with Crippen LogP contribution in [0.5, 0.6) is 0 Å². The van der Waals surface area contributed by atoms with E-state index in [0.29, 0.717) is 5.92 Å². The number of nitrogens with one attached hydrogen (secondary N) is 1. The highest BCUT2D eigenvalue weighted by Crippen LogP contribution is 2.28. The van der Waals surface area contributed by atoms with Gasteiger partial charge in [-0.2, -0.15) is 4.68 Å². The first-order valence-corrected chi connectivity index (χ1v) is 10.7. The van der Waals surface area contributed by atoms with Gasteiger partial charge in [0.15, 0.2) is 0 Å². The van der Waals surface area contributed by atoms with Crippen LogP contribution >= 0.6 is 0 Å². The summed E-state index contributed by atoms with van der Waals surface area (Å²) in [5.74, 6) is 2.12. The number of hydrogen-bond acceptors (Lipinski definition) is 3. The van der Waals surface area contributed by atoms with Crippen molar-refractivity contribution in [1.29, 1.82) is 0 Å². The summed E-state index contributed by atoms with van der Waals surface area (Å²) in [6.07, 6.45) is 10.8. The molecule has 1 aliphatic carbocycles. The summed E-state index contributed by atoms with van der Waals surface area (Å²) >= 11 is 0. The molecule has 0 spiro atoms. The fourth-order valence-corrected chi connectivity index (χ4v) is 4.78. The Morgan fingerprint density at radius 2 is 2.00 bits per heavy atom. The van der Waals surface area contributed by atoms with Crippen LogP contribution in [-0.2, 0) is 0 Å². The lowest BCUT2D eigenvalue weighted by Crippen LogP contribution is -2.36. The van der Waals surface area contributed by atoms with Gasteiger partial charge in [0.05, 0.1) is 5.69 Å². The lowest BCUT2D eigenvalue weighted by atomic mass is 9.86. The van der Waals surface area contributed by atoms with Crippen molar-refractivity contribution in [3.63, 3.8) is 0 Å². The molecule has 4 rings (SSSR count). The van der Waals surface area contributed by atoms with E-state index < -0.39 is 0 Å². The summed E-state index contributed by atoms with van der Waals surface area (Å²) in [5, 5.41) is 4.65. The Morgan fingerprint density at radius 3 is 2.81 bits per heavy atom. The molecule has 5 nitrogen and oxygen atoms in total. The Bertz CT molecular complexity index is 803. The number of aryl methyl sites for hydroxylation is 1. The van der Waals surface area contributed by atoms with Gasteiger partial charge in [-0.25, -0.2) is 4.79 Å². The van der Waals surface area contributed by atoms with Crippen LogP contribution in [0.25, 0.3) is 5.69 Å². The predicted octanol–water partition coefficient (Wildman–Crippen LogP) is 4.02. The molecule has 1 saturated carbocycles. The van der Waals surface area contributed by atoms with E-state index in [0.717, 1.165) is 36.0 Å². The van der Waals surface area contributed by atoms with E-state index in [9.17, 15) is 4.79 Å². The van der Waals surface area contributed by atoms with Gasteiger partial charge in [0, 0.05) is 12.5 Å². The smallest absolute Gasteiger partial charge is 0.303 e. The van der Waals surface area contributed by atoms with Gasteiger partial charge in [-0.1, -0.05) is 44.2 Å². The van der Waals surface area contributed by atoms with Gasteiger partial charge in [0.2, 0.25) is 0 Å². The largest absolute Gasteiger partial charge is 0.348 e. The monoisotopic (exact) mass is 368 g/mol. The minimum Gasteiger partial charge on any atom is -0.303 e. The minimum absolute atomic E-state index is 0.130. The molecule has 1 N–H and O–H groups in total. The van der Waals surface area contributed by atoms with Crippen molar-refractivity contribution < 1.29 is 0 Å². The predicted molar refractivity (Wildman–Crippen MR) is 109 cm³/mol. The Hall–Kier alpha value is -1.88. The first-order chi connectivity index (χ1) is 13.2. The molecule has 2 aliphatic rings. The summed E-state index contributed by atoms with van der Waals surface area (Å²) in [6, 6.07) is 7.95. The second kappa shape index (κ2) is 8.42. The third-order valence-electron chi connectivity index (χ3n) is 6.35. The summed E-state index contributed by atoms with van der Waals surface area (Å²) in [5.41, 5.74) is 1.85. The zero-order valence-corrected chi connectivity index (χ0v) is 16.5. The molecule has 146 valence electrons. The molecule has 2 fully saturated rings. The number of rotatable bonds is 5. The molecule has 1 aromatic carbocycles. The van der Waals surface area contributed by atoms with Crippen molar-refractivity contribution in [2.45, 2.75) is 64.2 Å². The third-order valence-corrected chi connectivity index (χ3v) is 6.35. The lowest BCUT2D eigenvalue weighted by molar-refractivity contribution is 0.182. The second-order valence-electron chi connectivity index (χ2n) is 8.50. The minimum atomic E-state index is -0.130. The van der Waals surface area contributed by atoms with E-state index in [1.54, 1.807) is 0 Å². The summed E-state index contributed by atoms with van der Waals surface area (Å²) in [4.78, 5) is 18.1. The molecule has 2 heterocycles. The number of benzene rings is 1. The summed E-state index contributed by atoms with van der Waals surface area (Å²) in [7, 11) is 0. The molecular weight excluding hydrogens is 336 g/mol. The SMILES string of the molecule is Cc1cccc(-n2nc([C@H]3CCCN(CCC4CCCCC4)C3)[nH]c2=O)c1. The lowest BCUT2D eigenvalue weighted by Gasteiger charge is -2.33. The van der Waals surface area contributed by atoms with E-state index in [2.05, 4.69) is 15.0 Å². The van der Waals surface area contributed by atoms with Crippen molar-refractivity contribution in [2.24, 2.45) is 5.92 Å². The average molecular weight is 369 g/mol. The van der Waals surface area contributed by atoms with Crippen molar-refractivity contribution in [2.75, 3.05) is 19.6 Å². The maximum Gasteiger partial charge on any atom is 0.348 e. The molecule has 0 bridgehead atoms. The van der Waals surface area contributed by atoms with Crippen molar-refractivity contribution in [3.8, 4) is 5.69 Å². The fourth-order valence-electron chi connectivity index (χ4n) is 4.78. The van der Waals surface area contributed by atoms with Crippen molar-refractivity contribution in [3.05, 3.63) is 46.1 Å². The summed E-state index contributed by atoms with van der Waals surface area (Å²) in [6.45, 7) is 5.44. The van der Waals surface area contributed by atoms with Gasteiger partial charge in [0.1, 0.15) is 5.82 Å². The highest BCUT2D eigenvalue weighted by Gasteiger charge is 2.25. The molecule has 1 saturated heterocycles. The van der Waals surface area contributed by atoms with Crippen LogP contribution < -0.4 is 5.69 Å². The molecule has 0 unspecified atom stereocenters. The van der Waals surface area contributed by atoms with Gasteiger partial charge in [0.25, 0.3) is 0 Å². The van der Waals surface area contributed by atoms with Gasteiger partial charge >= 0.3 is 5.69 Å². The van der Waals surface area contributed by atoms with Crippen molar-refractivity contribution >= 4 is 0 Å². The maximum atomic E-state index is 12.4. The van der Waals surface area contributed by atoms with E-state index in [1.165, 1.54) is 62.7 Å². The first kappa shape index (κ1) is 18.5. The molecule has 2 aromatic rings. The normalized spacial score (nSPS) is 22.2. The van der Waals surface area contributed by atoms with Gasteiger partial charge in [-0.15, -0.1) is 5.10 Å². The Morgan fingerprint density at radius 1 is 1.15 bits per heavy atom. The molecule has 5 heteroatoms. The molecule has 27 heavy (non-hydrogen) atoms. The van der Waals surface area contributed by atoms with Crippen LogP contribution in [0.4, 0.5) is 0 Å². The molecule has 0 amide bonds. The van der Waals surface area contributed by atoms with E-state index in [4.69, 9.17) is 0 Å². The number of hydrogen-bond donors (Lipinski definition) is 1. The fraction of sp³-hybridized carbons (Fsp3) is 0.636. The Balaban J connectivity index is 1.41. The highest BCUT2D eigenvalue weighted by atomic mass is 16.1. The van der Waals surface area contributed by atoms with Crippen LogP contribution in [-0.4, -0.2) is 39.3 Å². The number of H-pyrrole nitrogens is 1. The quantitative estimate of drug-likeness (QED) is 0.867. The summed E-state index contributed by atoms with van der Waals surface area (Å²) < 4.78 is 1.52. The molecule has 1 atom stereocenters. The number of likely N-dealkylation sites (tertiary alicyclic amines) is 1. The molecular formula is C22H32N4O. The van der Waals surface area contributed by atoms with Crippen LogP contribution in [0.2, 0.25) is 0 Å². The number of aromatic nitrogens is 3. The van der Waals surface area contributed by atoms with Gasteiger partial charge in [-0.05, 0) is 62.9 Å². The first-order valence-electron chi connectivity index (χ1n) is 10.7. The highest BCUT2D eigenvalue weighted by molar-refractivity contribution is 5.34. The average Bonchev–Trinajstić information content (AvgIpc) is 3.09. The van der Waals surface area contributed by atoms with Gasteiger partial charge in [-0.3, -0.25) is 4.98 Å². The number of aromatic amines is 1. The van der Waals surface area contributed by atoms with Crippen molar-refractivity contribution in [1.82, 2.24) is 19.7 Å². The van der Waals surface area contributed by atoms with Crippen LogP contribution in [0.3, 0.4) is 0 Å². The third kappa shape index (κ3) is 4.52. The maximum absolute atomic E-state index is 12.4. The Labute approximate surface area is 161 Å². The molecule has 0 radical (unpaired) electrons. The number of nitrogens with zero attached hydrogens (tertiary/aromatic N) is 3. The Kier molecular flexibility index (Phi) is 5.77. The zero-order chi connectivity index (χ0) is 18.6. The van der Waals surface area contributed by atoms with E-state index in [1.807, 2.05) is 31.2 Å². The number of piperidine rings is 1.